The van der Waals surface area contributed by atoms with Crippen LogP contribution in [-0.4, -0.2) is 7.05 Å². The van der Waals surface area contributed by atoms with Crippen LogP contribution in [-0.2, 0) is 0 Å². The molecule has 8 aromatic rings. The minimum atomic E-state index is 0.918. The van der Waals surface area contributed by atoms with E-state index >= 15 is 0 Å². The first kappa shape index (κ1) is 22.7. The van der Waals surface area contributed by atoms with Crippen molar-refractivity contribution in [3.63, 3.8) is 0 Å². The molecule has 0 spiro atoms. The summed E-state index contributed by atoms with van der Waals surface area (Å²) in [6.45, 7) is 0. The monoisotopic (exact) mass is 515 g/mol. The Bertz CT molecular complexity index is 2010. The van der Waals surface area contributed by atoms with Gasteiger partial charge in [0.05, 0.1) is 0 Å². The Balaban J connectivity index is 1.10. The number of nitrogens with zero attached hydrogens (tertiary/aromatic N) is 1. The third-order valence-corrected chi connectivity index (χ3v) is 7.94. The van der Waals surface area contributed by atoms with Crippen LogP contribution in [0.4, 0.5) is 11.4 Å². The molecule has 0 fully saturated rings. The van der Waals surface area contributed by atoms with Gasteiger partial charge < -0.3 is 13.7 Å². The second kappa shape index (κ2) is 8.89. The Morgan fingerprint density at radius 3 is 1.25 bits per heavy atom. The summed E-state index contributed by atoms with van der Waals surface area (Å²) in [5.74, 6) is 0. The first-order valence-electron chi connectivity index (χ1n) is 13.5. The van der Waals surface area contributed by atoms with Crippen LogP contribution in [0, 0.1) is 0 Å². The topological polar surface area (TPSA) is 29.5 Å². The lowest BCUT2D eigenvalue weighted by atomic mass is 10.0. The van der Waals surface area contributed by atoms with E-state index in [9.17, 15) is 0 Å². The van der Waals surface area contributed by atoms with Crippen molar-refractivity contribution in [2.24, 2.45) is 0 Å². The quantitative estimate of drug-likeness (QED) is 0.233. The molecule has 0 saturated heterocycles. The van der Waals surface area contributed by atoms with Crippen LogP contribution in [0.15, 0.2) is 142 Å². The Hall–Kier alpha value is -5.28. The first-order valence-corrected chi connectivity index (χ1v) is 13.5. The fourth-order valence-corrected chi connectivity index (χ4v) is 5.83. The smallest absolute Gasteiger partial charge is 0.143 e. The highest BCUT2D eigenvalue weighted by atomic mass is 16.3. The van der Waals surface area contributed by atoms with E-state index in [0.29, 0.717) is 0 Å². The number of para-hydroxylation sites is 4. The van der Waals surface area contributed by atoms with Crippen molar-refractivity contribution in [1.29, 1.82) is 0 Å². The average molecular weight is 516 g/mol. The highest BCUT2D eigenvalue weighted by molar-refractivity contribution is 6.10. The molecule has 2 aromatic heterocycles. The second-order valence-corrected chi connectivity index (χ2v) is 10.2. The minimum absolute atomic E-state index is 0.918. The molecule has 3 nitrogen and oxygen atoms in total. The standard InChI is InChI=1S/C37H25NO2/c1-38(26-20-16-24(17-21-26)28-10-6-12-32-30-8-2-4-14-34(30)39-36(28)32)27-22-18-25(19-23-27)29-11-7-13-33-31-9-3-5-15-35(31)40-37(29)33/h2-23H,1H3. The van der Waals surface area contributed by atoms with Gasteiger partial charge in [-0.1, -0.05) is 97.1 Å². The Morgan fingerprint density at radius 2 is 0.800 bits per heavy atom. The van der Waals surface area contributed by atoms with Crippen molar-refractivity contribution in [3.05, 3.63) is 133 Å². The van der Waals surface area contributed by atoms with Crippen molar-refractivity contribution >= 4 is 55.3 Å². The summed E-state index contributed by atoms with van der Waals surface area (Å²) < 4.78 is 12.5. The summed E-state index contributed by atoms with van der Waals surface area (Å²) in [7, 11) is 2.10. The van der Waals surface area contributed by atoms with E-state index in [2.05, 4.69) is 121 Å². The second-order valence-electron chi connectivity index (χ2n) is 10.2. The fourth-order valence-electron chi connectivity index (χ4n) is 5.83. The zero-order valence-corrected chi connectivity index (χ0v) is 22.0. The predicted molar refractivity (Wildman–Crippen MR) is 166 cm³/mol. The maximum absolute atomic E-state index is 6.26. The number of hydrogen-bond donors (Lipinski definition) is 0. The van der Waals surface area contributed by atoms with Crippen LogP contribution in [0.1, 0.15) is 0 Å². The molecular weight excluding hydrogens is 490 g/mol. The van der Waals surface area contributed by atoms with Gasteiger partial charge in [-0.3, -0.25) is 0 Å². The van der Waals surface area contributed by atoms with Gasteiger partial charge in [-0.15, -0.1) is 0 Å². The van der Waals surface area contributed by atoms with E-state index in [-0.39, 0.29) is 0 Å². The summed E-state index contributed by atoms with van der Waals surface area (Å²) in [5.41, 5.74) is 10.4. The van der Waals surface area contributed by atoms with Crippen LogP contribution >= 0.6 is 0 Å². The maximum Gasteiger partial charge on any atom is 0.143 e. The van der Waals surface area contributed by atoms with Crippen LogP contribution in [0.25, 0.3) is 66.1 Å². The number of anilines is 2. The molecule has 0 bridgehead atoms. The molecule has 0 aliphatic carbocycles. The van der Waals surface area contributed by atoms with Crippen LogP contribution < -0.4 is 4.90 Å². The van der Waals surface area contributed by atoms with Gasteiger partial charge >= 0.3 is 0 Å². The van der Waals surface area contributed by atoms with Crippen molar-refractivity contribution in [2.75, 3.05) is 11.9 Å². The van der Waals surface area contributed by atoms with Gasteiger partial charge in [0.1, 0.15) is 22.3 Å². The summed E-state index contributed by atoms with van der Waals surface area (Å²) in [5, 5.41) is 4.59. The van der Waals surface area contributed by atoms with E-state index in [1.165, 1.54) is 0 Å². The number of rotatable bonds is 4. The van der Waals surface area contributed by atoms with Gasteiger partial charge in [0.15, 0.2) is 0 Å². The van der Waals surface area contributed by atoms with Crippen LogP contribution in [0.5, 0.6) is 0 Å². The van der Waals surface area contributed by atoms with Gasteiger partial charge in [-0.05, 0) is 47.5 Å². The van der Waals surface area contributed by atoms with E-state index in [1.54, 1.807) is 0 Å². The molecule has 190 valence electrons. The largest absolute Gasteiger partial charge is 0.455 e. The summed E-state index contributed by atoms with van der Waals surface area (Å²) in [6.07, 6.45) is 0. The average Bonchev–Trinajstić information content (AvgIpc) is 3.59. The zero-order valence-electron chi connectivity index (χ0n) is 22.0. The number of hydrogen-bond acceptors (Lipinski definition) is 3. The molecule has 40 heavy (non-hydrogen) atoms. The van der Waals surface area contributed by atoms with Gasteiger partial charge in [0.2, 0.25) is 0 Å². The van der Waals surface area contributed by atoms with E-state index < -0.39 is 0 Å². The molecule has 3 heteroatoms. The zero-order chi connectivity index (χ0) is 26.6. The molecule has 6 aromatic carbocycles. The minimum Gasteiger partial charge on any atom is -0.455 e. The highest BCUT2D eigenvalue weighted by Crippen LogP contribution is 2.38. The van der Waals surface area contributed by atoms with Gasteiger partial charge in [-0.25, -0.2) is 0 Å². The Labute approximate surface area is 231 Å². The third kappa shape index (κ3) is 3.52. The molecule has 0 atom stereocenters. The molecule has 0 saturated carbocycles. The molecule has 2 heterocycles. The van der Waals surface area contributed by atoms with Crippen LogP contribution in [0.2, 0.25) is 0 Å². The number of fused-ring (bicyclic) bond motifs is 6. The SMILES string of the molecule is CN(c1ccc(-c2cccc3c2oc2ccccc23)cc1)c1ccc(-c2cccc3c2oc2ccccc23)cc1. The van der Waals surface area contributed by atoms with E-state index in [1.807, 2.05) is 24.3 Å². The highest BCUT2D eigenvalue weighted by Gasteiger charge is 2.14. The lowest BCUT2D eigenvalue weighted by molar-refractivity contribution is 0.669. The Kier molecular flexibility index (Phi) is 5.04. The molecular formula is C37H25NO2. The van der Waals surface area contributed by atoms with Gasteiger partial charge in [0.25, 0.3) is 0 Å². The van der Waals surface area contributed by atoms with Crippen molar-refractivity contribution in [2.45, 2.75) is 0 Å². The summed E-state index contributed by atoms with van der Waals surface area (Å²) in [4.78, 5) is 2.21. The van der Waals surface area contributed by atoms with E-state index in [0.717, 1.165) is 77.5 Å². The van der Waals surface area contributed by atoms with Gasteiger partial charge in [0, 0.05) is 51.1 Å². The van der Waals surface area contributed by atoms with Crippen molar-refractivity contribution in [1.82, 2.24) is 0 Å². The van der Waals surface area contributed by atoms with Crippen LogP contribution in [0.3, 0.4) is 0 Å². The number of furan rings is 2. The molecule has 0 amide bonds. The maximum atomic E-state index is 6.26. The molecule has 0 aliphatic rings. The molecule has 0 N–H and O–H groups in total. The molecule has 0 aliphatic heterocycles. The van der Waals surface area contributed by atoms with Crippen molar-refractivity contribution in [3.8, 4) is 22.3 Å². The van der Waals surface area contributed by atoms with Crippen molar-refractivity contribution < 1.29 is 8.83 Å². The Morgan fingerprint density at radius 1 is 0.400 bits per heavy atom. The third-order valence-electron chi connectivity index (χ3n) is 7.94. The summed E-state index contributed by atoms with van der Waals surface area (Å²) >= 11 is 0. The van der Waals surface area contributed by atoms with E-state index in [4.69, 9.17) is 8.83 Å². The molecule has 8 rings (SSSR count). The molecule has 0 unspecified atom stereocenters. The lowest BCUT2D eigenvalue weighted by Crippen LogP contribution is -2.08. The normalized spacial score (nSPS) is 11.6. The molecule has 0 radical (unpaired) electrons. The number of benzene rings is 6. The predicted octanol–water partition coefficient (Wildman–Crippen LogP) is 10.6. The fraction of sp³-hybridized carbons (Fsp3) is 0.0270. The first-order chi connectivity index (χ1) is 19.7. The summed E-state index contributed by atoms with van der Waals surface area (Å²) in [6, 6.07) is 46.5. The van der Waals surface area contributed by atoms with Gasteiger partial charge in [-0.2, -0.15) is 0 Å². The lowest BCUT2D eigenvalue weighted by Gasteiger charge is -2.20.